The van der Waals surface area contributed by atoms with Gasteiger partial charge in [0.15, 0.2) is 0 Å². The fraction of sp³-hybridized carbons (Fsp3) is 0.875. The first-order valence-electron chi connectivity index (χ1n) is 5.67. The summed E-state index contributed by atoms with van der Waals surface area (Å²) in [6.45, 7) is -0.0603. The predicted molar refractivity (Wildman–Crippen MR) is 68.6 cm³/mol. The van der Waals surface area contributed by atoms with Crippen LogP contribution in [0.1, 0.15) is 25.7 Å². The molecule has 1 unspecified atom stereocenters. The van der Waals surface area contributed by atoms with Crippen LogP contribution >= 0.6 is 0 Å². The highest BCUT2D eigenvalue weighted by atomic mass is 32.2. The number of aliphatic carboxylic acids is 1. The molecule has 1 atom stereocenters. The van der Waals surface area contributed by atoms with E-state index in [1.807, 2.05) is 0 Å². The molecule has 0 fully saturated rings. The van der Waals surface area contributed by atoms with Crippen molar-refractivity contribution >= 4 is 24.0 Å². The lowest BCUT2D eigenvalue weighted by Crippen LogP contribution is -2.48. The topological polar surface area (TPSA) is 168 Å². The summed E-state index contributed by atoms with van der Waals surface area (Å²) in [7, 11) is -3.41. The summed E-state index contributed by atoms with van der Waals surface area (Å²) >= 11 is 0. The standard InChI is InChI=1S/C8H19BN3O6S/c10-8(7(13)14,3-1-2-5-9(15)16)4-6-12-19(17)18-11/h15-16H,1-6,10-11H2,(H,13,14)/q-1. The summed E-state index contributed by atoms with van der Waals surface area (Å²) in [6, 6.07) is 0. The number of nitrogens with zero attached hydrogens (tertiary/aromatic N) is 1. The van der Waals surface area contributed by atoms with Gasteiger partial charge >= 0.3 is 13.1 Å². The van der Waals surface area contributed by atoms with Crippen molar-refractivity contribution in [1.29, 1.82) is 0 Å². The van der Waals surface area contributed by atoms with Crippen molar-refractivity contribution < 1.29 is 28.4 Å². The molecular weight excluding hydrogens is 277 g/mol. The molecule has 9 nitrogen and oxygen atoms in total. The van der Waals surface area contributed by atoms with Gasteiger partial charge in [-0.15, -0.1) is 0 Å². The van der Waals surface area contributed by atoms with Gasteiger partial charge in [0.1, 0.15) is 5.54 Å². The van der Waals surface area contributed by atoms with E-state index >= 15 is 0 Å². The van der Waals surface area contributed by atoms with Gasteiger partial charge in [0.25, 0.3) is 0 Å². The van der Waals surface area contributed by atoms with Gasteiger partial charge in [-0.1, -0.05) is 12.8 Å². The van der Waals surface area contributed by atoms with Crippen molar-refractivity contribution in [2.45, 2.75) is 37.5 Å². The van der Waals surface area contributed by atoms with Crippen molar-refractivity contribution in [3.05, 3.63) is 0 Å². The molecule has 0 aromatic rings. The van der Waals surface area contributed by atoms with E-state index in [4.69, 9.17) is 20.9 Å². The van der Waals surface area contributed by atoms with E-state index in [9.17, 15) is 9.00 Å². The molecule has 0 spiro atoms. The zero-order chi connectivity index (χ0) is 14.9. The van der Waals surface area contributed by atoms with Crippen molar-refractivity contribution in [3.63, 3.8) is 0 Å². The minimum absolute atomic E-state index is 0.0148. The highest BCUT2D eigenvalue weighted by Crippen LogP contribution is 2.17. The molecule has 19 heavy (non-hydrogen) atoms. The van der Waals surface area contributed by atoms with E-state index in [2.05, 4.69) is 14.5 Å². The number of carboxylic acid groups (broad SMARTS) is 1. The van der Waals surface area contributed by atoms with Gasteiger partial charge in [-0.3, -0.25) is 4.79 Å². The van der Waals surface area contributed by atoms with E-state index in [-0.39, 0.29) is 25.7 Å². The number of carboxylic acids is 1. The Balaban J connectivity index is 4.27. The molecule has 0 aliphatic rings. The molecule has 0 heterocycles. The SMILES string of the molecule is NO[S-](=O)=NCCC(N)(CCCCB(O)O)C(=O)O. The van der Waals surface area contributed by atoms with Crippen LogP contribution < -0.4 is 11.6 Å². The van der Waals surface area contributed by atoms with Crippen LogP contribution in [0.2, 0.25) is 6.32 Å². The lowest BCUT2D eigenvalue weighted by atomic mass is 9.81. The fourth-order valence-corrected chi connectivity index (χ4v) is 1.76. The second kappa shape index (κ2) is 9.23. The molecule has 0 aromatic carbocycles. The van der Waals surface area contributed by atoms with Gasteiger partial charge in [0.2, 0.25) is 0 Å². The number of rotatable bonds is 10. The Kier molecular flexibility index (Phi) is 8.88. The first-order valence-corrected chi connectivity index (χ1v) is 6.70. The van der Waals surface area contributed by atoms with Crippen LogP contribution in [0.25, 0.3) is 0 Å². The number of nitrogens with two attached hydrogens (primary N) is 2. The summed E-state index contributed by atoms with van der Waals surface area (Å²) in [5.41, 5.74) is 4.23. The van der Waals surface area contributed by atoms with Gasteiger partial charge in [-0.05, 0) is 30.0 Å². The van der Waals surface area contributed by atoms with Gasteiger partial charge in [-0.25, -0.2) is 5.90 Å². The largest absolute Gasteiger partial charge is 0.480 e. The number of hydrogen-bond acceptors (Lipinski definition) is 9. The Morgan fingerprint density at radius 2 is 2.00 bits per heavy atom. The average molecular weight is 296 g/mol. The van der Waals surface area contributed by atoms with Crippen molar-refractivity contribution in [3.8, 4) is 0 Å². The molecule has 0 saturated heterocycles. The Bertz CT molecular complexity index is 362. The second-order valence-electron chi connectivity index (χ2n) is 4.10. The molecule has 112 valence electrons. The van der Waals surface area contributed by atoms with Gasteiger partial charge < -0.3 is 33.7 Å². The van der Waals surface area contributed by atoms with Crippen LogP contribution in [0, 0.1) is 0 Å². The van der Waals surface area contributed by atoms with Crippen molar-refractivity contribution in [2.75, 3.05) is 6.54 Å². The number of unbranched alkanes of at least 4 members (excludes halogenated alkanes) is 1. The van der Waals surface area contributed by atoms with Gasteiger partial charge in [0, 0.05) is 6.54 Å². The highest BCUT2D eigenvalue weighted by Gasteiger charge is 2.32. The first kappa shape index (κ1) is 18.3. The van der Waals surface area contributed by atoms with Gasteiger partial charge in [0.05, 0.1) is 0 Å². The molecule has 0 bridgehead atoms. The van der Waals surface area contributed by atoms with E-state index in [0.717, 1.165) is 0 Å². The van der Waals surface area contributed by atoms with Crippen LogP contribution in [0.5, 0.6) is 0 Å². The van der Waals surface area contributed by atoms with E-state index in [1.54, 1.807) is 0 Å². The minimum atomic E-state index is -2.00. The molecular formula is C8H19BN3O6S-. The molecule has 0 amide bonds. The van der Waals surface area contributed by atoms with Crippen LogP contribution in [-0.4, -0.2) is 40.3 Å². The smallest absolute Gasteiger partial charge is 0.451 e. The zero-order valence-electron chi connectivity index (χ0n) is 10.4. The zero-order valence-corrected chi connectivity index (χ0v) is 11.2. The maximum atomic E-state index is 11.1. The third-order valence-electron chi connectivity index (χ3n) is 2.60. The van der Waals surface area contributed by atoms with Crippen LogP contribution in [0.4, 0.5) is 0 Å². The molecule has 11 heteroatoms. The molecule has 0 saturated carbocycles. The van der Waals surface area contributed by atoms with Crippen molar-refractivity contribution in [2.24, 2.45) is 16.0 Å². The third kappa shape index (κ3) is 8.13. The normalized spacial score (nSPS) is 16.0. The Morgan fingerprint density at radius 3 is 2.47 bits per heavy atom. The number of carbonyl (C=O) groups is 1. The summed E-state index contributed by atoms with van der Waals surface area (Å²) in [4.78, 5) is 11.1. The Morgan fingerprint density at radius 1 is 1.37 bits per heavy atom. The molecule has 0 rings (SSSR count). The van der Waals surface area contributed by atoms with Crippen LogP contribution in [0.3, 0.4) is 0 Å². The summed E-state index contributed by atoms with van der Waals surface area (Å²) in [5.74, 6) is 3.43. The highest BCUT2D eigenvalue weighted by molar-refractivity contribution is 7.69. The lowest BCUT2D eigenvalue weighted by molar-refractivity contribution is -0.143. The minimum Gasteiger partial charge on any atom is -0.480 e. The Hall–Kier alpha value is -0.715. The molecule has 7 N–H and O–H groups in total. The van der Waals surface area contributed by atoms with E-state index < -0.39 is 29.5 Å². The van der Waals surface area contributed by atoms with Crippen LogP contribution in [-0.2, 0) is 24.2 Å². The third-order valence-corrected chi connectivity index (χ3v) is 3.16. The van der Waals surface area contributed by atoms with E-state index in [1.165, 1.54) is 0 Å². The molecule has 0 aliphatic heterocycles. The molecule has 0 aliphatic carbocycles. The van der Waals surface area contributed by atoms with E-state index in [0.29, 0.717) is 12.8 Å². The second-order valence-corrected chi connectivity index (χ2v) is 4.99. The van der Waals surface area contributed by atoms with Crippen LogP contribution in [0.15, 0.2) is 4.36 Å². The Labute approximate surface area is 113 Å². The quantitative estimate of drug-likeness (QED) is 0.144. The predicted octanol–water partition coefficient (Wildman–Crippen LogP) is -1.25. The maximum absolute atomic E-state index is 11.1. The summed E-state index contributed by atoms with van der Waals surface area (Å²) < 4.78 is 18.1. The number of hydrogen-bond donors (Lipinski definition) is 5. The lowest BCUT2D eigenvalue weighted by Gasteiger charge is -2.24. The summed E-state index contributed by atoms with van der Waals surface area (Å²) in [6.07, 6.45) is 1.17. The molecule has 0 radical (unpaired) electrons. The molecule has 0 aromatic heterocycles. The monoisotopic (exact) mass is 296 g/mol. The average Bonchev–Trinajstić information content (AvgIpc) is 2.34. The maximum Gasteiger partial charge on any atom is 0.451 e. The fourth-order valence-electron chi connectivity index (χ4n) is 1.46. The van der Waals surface area contributed by atoms with Gasteiger partial charge in [-0.2, -0.15) is 0 Å². The van der Waals surface area contributed by atoms with Crippen molar-refractivity contribution in [1.82, 2.24) is 0 Å². The summed E-state index contributed by atoms with van der Waals surface area (Å²) in [5, 5.41) is 26.4. The first-order chi connectivity index (χ1) is 8.81.